The van der Waals surface area contributed by atoms with Crippen LogP contribution in [0, 0.1) is 6.92 Å². The Morgan fingerprint density at radius 1 is 1.00 bits per heavy atom. The molecule has 1 aliphatic rings. The molecular formula is C20H21N5. The van der Waals surface area contributed by atoms with Gasteiger partial charge in [0.2, 0.25) is 0 Å². The maximum Gasteiger partial charge on any atom is 0.113 e. The molecule has 4 rings (SSSR count). The molecule has 0 bridgehead atoms. The third-order valence-electron chi connectivity index (χ3n) is 4.76. The second-order valence-corrected chi connectivity index (χ2v) is 6.62. The summed E-state index contributed by atoms with van der Waals surface area (Å²) in [4.78, 5) is 2.10. The summed E-state index contributed by atoms with van der Waals surface area (Å²) in [6.07, 6.45) is 0.815. The average molecular weight is 331 g/mol. The van der Waals surface area contributed by atoms with Crippen molar-refractivity contribution in [2.45, 2.75) is 19.4 Å². The molecule has 0 saturated heterocycles. The number of fused-ring (bicyclic) bond motifs is 1. The highest BCUT2D eigenvalue weighted by molar-refractivity contribution is 6.04. The first-order chi connectivity index (χ1) is 12.1. The topological polar surface area (TPSA) is 53.4 Å². The van der Waals surface area contributed by atoms with Crippen molar-refractivity contribution in [2.24, 2.45) is 5.10 Å². The molecule has 0 aliphatic carbocycles. The molecule has 0 fully saturated rings. The number of rotatable bonds is 3. The minimum Gasteiger partial charge on any atom is -0.378 e. The quantitative estimate of drug-likeness (QED) is 0.799. The molecule has 25 heavy (non-hydrogen) atoms. The van der Waals surface area contributed by atoms with Gasteiger partial charge in [0.25, 0.3) is 0 Å². The highest BCUT2D eigenvalue weighted by Crippen LogP contribution is 2.27. The molecule has 1 aliphatic heterocycles. The van der Waals surface area contributed by atoms with Crippen LogP contribution in [0.3, 0.4) is 0 Å². The van der Waals surface area contributed by atoms with Crippen molar-refractivity contribution < 1.29 is 0 Å². The highest BCUT2D eigenvalue weighted by Gasteiger charge is 2.24. The Morgan fingerprint density at radius 3 is 2.52 bits per heavy atom. The Kier molecular flexibility index (Phi) is 3.84. The molecular weight excluding hydrogens is 310 g/mol. The van der Waals surface area contributed by atoms with Gasteiger partial charge in [0.1, 0.15) is 5.69 Å². The molecule has 3 aromatic rings. The minimum absolute atomic E-state index is 0.180. The first-order valence-corrected chi connectivity index (χ1v) is 8.45. The summed E-state index contributed by atoms with van der Waals surface area (Å²) in [5.74, 6) is 0. The van der Waals surface area contributed by atoms with Crippen LogP contribution in [0.2, 0.25) is 0 Å². The summed E-state index contributed by atoms with van der Waals surface area (Å²) >= 11 is 0. The van der Waals surface area contributed by atoms with E-state index in [1.54, 1.807) is 0 Å². The largest absolute Gasteiger partial charge is 0.378 e. The van der Waals surface area contributed by atoms with Crippen molar-refractivity contribution in [3.63, 3.8) is 0 Å². The number of hydrogen-bond donors (Lipinski definition) is 1. The van der Waals surface area contributed by atoms with Crippen molar-refractivity contribution >= 4 is 22.3 Å². The van der Waals surface area contributed by atoms with Crippen LogP contribution in [0.15, 0.2) is 53.6 Å². The van der Waals surface area contributed by atoms with Gasteiger partial charge in [-0.15, -0.1) is 10.2 Å². The maximum atomic E-state index is 4.54. The van der Waals surface area contributed by atoms with E-state index in [1.807, 2.05) is 32.3 Å². The average Bonchev–Trinajstić information content (AvgIpc) is 3.12. The molecule has 1 N–H and O–H groups in total. The van der Waals surface area contributed by atoms with E-state index in [1.165, 1.54) is 11.3 Å². The molecule has 5 heteroatoms. The molecule has 1 unspecified atom stereocenters. The van der Waals surface area contributed by atoms with Crippen LogP contribution in [0.25, 0.3) is 10.9 Å². The fourth-order valence-corrected chi connectivity index (χ4v) is 3.25. The van der Waals surface area contributed by atoms with Crippen molar-refractivity contribution in [2.75, 3.05) is 19.0 Å². The summed E-state index contributed by atoms with van der Waals surface area (Å²) < 4.78 is 0. The molecule has 0 saturated carbocycles. The lowest BCUT2D eigenvalue weighted by molar-refractivity contribution is 0.620. The number of nitrogens with one attached hydrogen (secondary N) is 1. The van der Waals surface area contributed by atoms with Gasteiger partial charge in [0, 0.05) is 31.6 Å². The molecule has 0 spiro atoms. The summed E-state index contributed by atoms with van der Waals surface area (Å²) in [6, 6.07) is 16.9. The second kappa shape index (κ2) is 6.16. The van der Waals surface area contributed by atoms with Crippen molar-refractivity contribution in [3.8, 4) is 0 Å². The number of anilines is 1. The number of aryl methyl sites for hydroxylation is 1. The van der Waals surface area contributed by atoms with E-state index in [0.29, 0.717) is 0 Å². The lowest BCUT2D eigenvalue weighted by Crippen LogP contribution is -2.12. The Balaban J connectivity index is 1.59. The Bertz CT molecular complexity index is 944. The number of benzene rings is 2. The fourth-order valence-electron chi connectivity index (χ4n) is 3.25. The van der Waals surface area contributed by atoms with Crippen LogP contribution in [0.5, 0.6) is 0 Å². The van der Waals surface area contributed by atoms with Gasteiger partial charge in [-0.1, -0.05) is 30.3 Å². The van der Waals surface area contributed by atoms with Gasteiger partial charge in [-0.3, -0.25) is 0 Å². The van der Waals surface area contributed by atoms with E-state index >= 15 is 0 Å². The fraction of sp³-hybridized carbons (Fsp3) is 0.250. The lowest BCUT2D eigenvalue weighted by atomic mass is 9.98. The van der Waals surface area contributed by atoms with Crippen LogP contribution in [0.4, 0.5) is 5.69 Å². The SMILES string of the molecule is Cc1c(C2=NNC(c3ccc(N(C)C)cc3)C2)nnc2ccccc12. The molecule has 2 heterocycles. The van der Waals surface area contributed by atoms with E-state index in [9.17, 15) is 0 Å². The zero-order valence-electron chi connectivity index (χ0n) is 14.7. The molecule has 1 aromatic heterocycles. The number of aromatic nitrogens is 2. The second-order valence-electron chi connectivity index (χ2n) is 6.62. The molecule has 0 radical (unpaired) electrons. The number of hydrazone groups is 1. The van der Waals surface area contributed by atoms with E-state index in [2.05, 4.69) is 62.9 Å². The summed E-state index contributed by atoms with van der Waals surface area (Å²) in [5, 5.41) is 14.5. The monoisotopic (exact) mass is 331 g/mol. The zero-order valence-corrected chi connectivity index (χ0v) is 14.7. The Morgan fingerprint density at radius 2 is 1.76 bits per heavy atom. The van der Waals surface area contributed by atoms with Crippen molar-refractivity contribution in [1.29, 1.82) is 0 Å². The number of hydrogen-bond acceptors (Lipinski definition) is 5. The maximum absolute atomic E-state index is 4.54. The van der Waals surface area contributed by atoms with Crippen molar-refractivity contribution in [1.82, 2.24) is 15.6 Å². The van der Waals surface area contributed by atoms with Gasteiger partial charge in [0.15, 0.2) is 0 Å². The zero-order chi connectivity index (χ0) is 17.4. The minimum atomic E-state index is 0.180. The van der Waals surface area contributed by atoms with E-state index in [-0.39, 0.29) is 6.04 Å². The predicted octanol–water partition coefficient (Wildman–Crippen LogP) is 3.44. The van der Waals surface area contributed by atoms with Gasteiger partial charge < -0.3 is 10.3 Å². The molecule has 1 atom stereocenters. The summed E-state index contributed by atoms with van der Waals surface area (Å²) in [6.45, 7) is 2.09. The van der Waals surface area contributed by atoms with Gasteiger partial charge >= 0.3 is 0 Å². The van der Waals surface area contributed by atoms with E-state index in [0.717, 1.165) is 34.3 Å². The van der Waals surface area contributed by atoms with Gasteiger partial charge in [-0.2, -0.15) is 5.10 Å². The van der Waals surface area contributed by atoms with E-state index < -0.39 is 0 Å². The molecule has 5 nitrogen and oxygen atoms in total. The van der Waals surface area contributed by atoms with Gasteiger partial charge in [0.05, 0.1) is 17.3 Å². The van der Waals surface area contributed by atoms with Gasteiger partial charge in [-0.05, 0) is 36.2 Å². The smallest absolute Gasteiger partial charge is 0.113 e. The Labute approximate surface area is 147 Å². The molecule has 2 aromatic carbocycles. The summed E-state index contributed by atoms with van der Waals surface area (Å²) in [5.41, 5.74) is 9.59. The van der Waals surface area contributed by atoms with Crippen LogP contribution < -0.4 is 10.3 Å². The van der Waals surface area contributed by atoms with E-state index in [4.69, 9.17) is 0 Å². The summed E-state index contributed by atoms with van der Waals surface area (Å²) in [7, 11) is 4.09. The molecule has 0 amide bonds. The van der Waals surface area contributed by atoms with Gasteiger partial charge in [-0.25, -0.2) is 0 Å². The first-order valence-electron chi connectivity index (χ1n) is 8.45. The molecule has 126 valence electrons. The third kappa shape index (κ3) is 2.82. The van der Waals surface area contributed by atoms with Crippen LogP contribution >= 0.6 is 0 Å². The lowest BCUT2D eigenvalue weighted by Gasteiger charge is -2.15. The van der Waals surface area contributed by atoms with Crippen LogP contribution in [-0.2, 0) is 0 Å². The third-order valence-corrected chi connectivity index (χ3v) is 4.76. The predicted molar refractivity (Wildman–Crippen MR) is 102 cm³/mol. The normalized spacial score (nSPS) is 16.6. The number of nitrogens with zero attached hydrogens (tertiary/aromatic N) is 4. The Hall–Kier alpha value is -2.95. The van der Waals surface area contributed by atoms with Crippen LogP contribution in [-0.4, -0.2) is 30.0 Å². The van der Waals surface area contributed by atoms with Crippen molar-refractivity contribution in [3.05, 3.63) is 65.4 Å². The standard InChI is InChI=1S/C20H21N5/c1-13-16-6-4-5-7-17(16)21-24-20(13)19-12-18(22-23-19)14-8-10-15(11-9-14)25(2)3/h4-11,18,22H,12H2,1-3H3. The van der Waals surface area contributed by atoms with Crippen LogP contribution in [0.1, 0.15) is 29.3 Å². The highest BCUT2D eigenvalue weighted by atomic mass is 15.3. The first kappa shape index (κ1) is 15.6.